The van der Waals surface area contributed by atoms with Crippen LogP contribution in [0.3, 0.4) is 0 Å². The summed E-state index contributed by atoms with van der Waals surface area (Å²) in [7, 11) is 2.29. The number of nitrogens with zero attached hydrogens (tertiary/aromatic N) is 1. The minimum absolute atomic E-state index is 0.722. The van der Waals surface area contributed by atoms with Gasteiger partial charge in [-0.3, -0.25) is 0 Å². The Balaban J connectivity index is 0.000000521. The lowest BCUT2D eigenvalue weighted by Crippen LogP contribution is -2.46. The van der Waals surface area contributed by atoms with Crippen LogP contribution in [0.25, 0.3) is 0 Å². The molecule has 2 saturated heterocycles. The van der Waals surface area contributed by atoms with Crippen molar-refractivity contribution >= 4 is 0 Å². The summed E-state index contributed by atoms with van der Waals surface area (Å²) in [4.78, 5) is 2.59. The van der Waals surface area contributed by atoms with Crippen molar-refractivity contribution in [2.75, 3.05) is 7.05 Å². The molecule has 2 bridgehead atoms. The molecule has 0 aromatic heterocycles. The topological polar surface area (TPSA) is 15.3 Å². The lowest BCUT2D eigenvalue weighted by atomic mass is 9.98. The highest BCUT2D eigenvalue weighted by Gasteiger charge is 2.38. The molecule has 0 aromatic rings. The van der Waals surface area contributed by atoms with Gasteiger partial charge < -0.3 is 10.2 Å². The zero-order valence-electron chi connectivity index (χ0n) is 14.7. The van der Waals surface area contributed by atoms with Gasteiger partial charge in [0.15, 0.2) is 0 Å². The van der Waals surface area contributed by atoms with Gasteiger partial charge >= 0.3 is 0 Å². The summed E-state index contributed by atoms with van der Waals surface area (Å²) in [5.74, 6) is 0. The molecule has 0 saturated carbocycles. The average molecular weight is 280 g/mol. The van der Waals surface area contributed by atoms with E-state index in [2.05, 4.69) is 37.2 Å². The highest BCUT2D eigenvalue weighted by atomic mass is 15.2. The van der Waals surface area contributed by atoms with Crippen LogP contribution < -0.4 is 5.32 Å². The molecule has 0 aliphatic carbocycles. The van der Waals surface area contributed by atoms with E-state index in [9.17, 15) is 0 Å². The van der Waals surface area contributed by atoms with Crippen molar-refractivity contribution in [1.29, 1.82) is 0 Å². The van der Waals surface area contributed by atoms with Gasteiger partial charge in [-0.25, -0.2) is 0 Å². The number of hydrogen-bond acceptors (Lipinski definition) is 2. The summed E-state index contributed by atoms with van der Waals surface area (Å²) in [6, 6.07) is 2.41. The van der Waals surface area contributed by atoms with Gasteiger partial charge in [-0.2, -0.15) is 0 Å². The first-order chi connectivity index (χ1) is 9.62. The average Bonchev–Trinajstić information content (AvgIpc) is 2.71. The Bertz CT molecular complexity index is 276. The van der Waals surface area contributed by atoms with E-state index in [-0.39, 0.29) is 0 Å². The zero-order chi connectivity index (χ0) is 15.5. The van der Waals surface area contributed by atoms with Crippen LogP contribution in [0.15, 0.2) is 23.9 Å². The van der Waals surface area contributed by atoms with E-state index in [1.54, 1.807) is 0 Å². The Kier molecular flexibility index (Phi) is 10.5. The Hall–Kier alpha value is -0.760. The number of rotatable bonds is 2. The Labute approximate surface area is 127 Å². The normalized spacial score (nSPS) is 29.4. The molecule has 0 amide bonds. The summed E-state index contributed by atoms with van der Waals surface area (Å²) < 4.78 is 0. The molecule has 2 nitrogen and oxygen atoms in total. The molecule has 2 heterocycles. The van der Waals surface area contributed by atoms with Gasteiger partial charge in [0, 0.05) is 23.8 Å². The molecular formula is C18H36N2. The largest absolute Gasteiger partial charge is 0.386 e. The summed E-state index contributed by atoms with van der Waals surface area (Å²) >= 11 is 0. The zero-order valence-corrected chi connectivity index (χ0v) is 14.7. The molecule has 0 spiro atoms. The third kappa shape index (κ3) is 6.13. The fourth-order valence-electron chi connectivity index (χ4n) is 2.93. The number of allylic oxidation sites excluding steroid dienone is 4. The molecule has 2 heteroatoms. The molecular weight excluding hydrogens is 244 g/mol. The van der Waals surface area contributed by atoms with E-state index in [1.807, 2.05) is 39.8 Å². The van der Waals surface area contributed by atoms with Crippen LogP contribution in [0.4, 0.5) is 0 Å². The Morgan fingerprint density at radius 1 is 1.00 bits per heavy atom. The molecule has 2 aliphatic heterocycles. The third-order valence-electron chi connectivity index (χ3n) is 4.30. The predicted molar refractivity (Wildman–Crippen MR) is 92.0 cm³/mol. The smallest absolute Gasteiger partial charge is 0.0287 e. The first kappa shape index (κ1) is 19.2. The van der Waals surface area contributed by atoms with Crippen molar-refractivity contribution in [3.8, 4) is 0 Å². The highest BCUT2D eigenvalue weighted by Crippen LogP contribution is 2.34. The van der Waals surface area contributed by atoms with Crippen LogP contribution in [0.1, 0.15) is 67.2 Å². The Morgan fingerprint density at radius 3 is 1.80 bits per heavy atom. The van der Waals surface area contributed by atoms with Crippen LogP contribution in [-0.4, -0.2) is 30.1 Å². The van der Waals surface area contributed by atoms with Crippen LogP contribution in [0.5, 0.6) is 0 Å². The lowest BCUT2D eigenvalue weighted by molar-refractivity contribution is 0.153. The van der Waals surface area contributed by atoms with Gasteiger partial charge in [0.2, 0.25) is 0 Å². The first-order valence-corrected chi connectivity index (χ1v) is 8.31. The maximum absolute atomic E-state index is 3.62. The number of piperidine rings is 1. The van der Waals surface area contributed by atoms with E-state index in [1.165, 1.54) is 31.4 Å². The minimum atomic E-state index is 0.722. The number of fused-ring (bicyclic) bond motifs is 2. The fraction of sp³-hybridized carbons (Fsp3) is 0.778. The monoisotopic (exact) mass is 280 g/mol. The predicted octanol–water partition coefficient (Wildman–Crippen LogP) is 4.73. The van der Waals surface area contributed by atoms with Crippen molar-refractivity contribution in [2.24, 2.45) is 0 Å². The minimum Gasteiger partial charge on any atom is -0.386 e. The molecule has 118 valence electrons. The Morgan fingerprint density at radius 2 is 1.45 bits per heavy atom. The fourth-order valence-corrected chi connectivity index (χ4v) is 2.93. The van der Waals surface area contributed by atoms with Crippen molar-refractivity contribution < 1.29 is 0 Å². The van der Waals surface area contributed by atoms with Crippen LogP contribution in [-0.2, 0) is 0 Å². The standard InChI is InChI=1S/C12H22N2.C4H8.C2H6/c1-4-9(2)13-10-7-11-5-6-12(8-10)14(11)3;1-3-4-2;1-2/h4,10-13H,5-8H2,1-3H3;3-4H,1-2H3;1-2H3/b9-4+;4-3-;. The van der Waals surface area contributed by atoms with Crippen LogP contribution in [0, 0.1) is 0 Å². The molecule has 2 fully saturated rings. The molecule has 0 radical (unpaired) electrons. The van der Waals surface area contributed by atoms with E-state index < -0.39 is 0 Å². The van der Waals surface area contributed by atoms with Gasteiger partial charge in [-0.05, 0) is 60.4 Å². The van der Waals surface area contributed by atoms with Crippen molar-refractivity contribution in [1.82, 2.24) is 10.2 Å². The lowest BCUT2D eigenvalue weighted by Gasteiger charge is -2.37. The molecule has 20 heavy (non-hydrogen) atoms. The summed E-state index contributed by atoms with van der Waals surface area (Å²) in [6.07, 6.45) is 11.7. The molecule has 2 atom stereocenters. The van der Waals surface area contributed by atoms with Crippen molar-refractivity contribution in [3.05, 3.63) is 23.9 Å². The van der Waals surface area contributed by atoms with Gasteiger partial charge in [-0.1, -0.05) is 32.1 Å². The molecule has 2 unspecified atom stereocenters. The molecule has 1 N–H and O–H groups in total. The van der Waals surface area contributed by atoms with Gasteiger partial charge in [0.05, 0.1) is 0 Å². The maximum Gasteiger partial charge on any atom is 0.0287 e. The summed E-state index contributed by atoms with van der Waals surface area (Å²) in [5.41, 5.74) is 1.33. The van der Waals surface area contributed by atoms with Gasteiger partial charge in [0.25, 0.3) is 0 Å². The van der Waals surface area contributed by atoms with E-state index in [4.69, 9.17) is 0 Å². The van der Waals surface area contributed by atoms with E-state index >= 15 is 0 Å². The van der Waals surface area contributed by atoms with Crippen LogP contribution >= 0.6 is 0 Å². The summed E-state index contributed by atoms with van der Waals surface area (Å²) in [5, 5.41) is 3.62. The molecule has 0 aromatic carbocycles. The van der Waals surface area contributed by atoms with Crippen molar-refractivity contribution in [2.45, 2.75) is 85.4 Å². The van der Waals surface area contributed by atoms with E-state index in [0.29, 0.717) is 0 Å². The molecule has 2 aliphatic rings. The maximum atomic E-state index is 3.62. The van der Waals surface area contributed by atoms with Gasteiger partial charge in [-0.15, -0.1) is 0 Å². The number of hydrogen-bond donors (Lipinski definition) is 1. The van der Waals surface area contributed by atoms with Crippen molar-refractivity contribution in [3.63, 3.8) is 0 Å². The van der Waals surface area contributed by atoms with Gasteiger partial charge in [0.1, 0.15) is 0 Å². The quantitative estimate of drug-likeness (QED) is 0.735. The highest BCUT2D eigenvalue weighted by molar-refractivity contribution is 5.01. The SMILES string of the molecule is C/C=C(\C)NC1CC2CCC(C1)N2C.C/C=C\C.CC. The molecule has 2 rings (SSSR count). The third-order valence-corrected chi connectivity index (χ3v) is 4.30. The van der Waals surface area contributed by atoms with Crippen LogP contribution in [0.2, 0.25) is 0 Å². The van der Waals surface area contributed by atoms with E-state index in [0.717, 1.165) is 18.1 Å². The first-order valence-electron chi connectivity index (χ1n) is 8.31. The number of nitrogens with one attached hydrogen (secondary N) is 1. The second-order valence-electron chi connectivity index (χ2n) is 5.50. The summed E-state index contributed by atoms with van der Waals surface area (Å²) in [6.45, 7) is 12.3. The second kappa shape index (κ2) is 11.0. The second-order valence-corrected chi connectivity index (χ2v) is 5.50.